The predicted molar refractivity (Wildman–Crippen MR) is 150 cm³/mol. The number of likely N-dealkylation sites (N-methyl/N-ethyl adjacent to an activating group) is 1. The number of pyridine rings is 2. The van der Waals surface area contributed by atoms with Crippen molar-refractivity contribution >= 4 is 40.8 Å². The highest BCUT2D eigenvalue weighted by molar-refractivity contribution is 6.13. The number of carbonyl (C=O) groups is 3. The van der Waals surface area contributed by atoms with Gasteiger partial charge >= 0.3 is 6.03 Å². The molecule has 4 aromatic heterocycles. The summed E-state index contributed by atoms with van der Waals surface area (Å²) in [6.45, 7) is 2.31. The Balaban J connectivity index is 1.05. The standard InChI is InChI=1S/C29H29N9O3/c1-16-4-3-5-22(33-16)20-9-21(20)28(40)35-25-10-24(31-15-32-25)30-11-19-13-37-12-18(17-6-7-17)8-23(27(37)34-19)38-14-26(39)36(2)29(38)41/h3-5,8,10,12-13,15,17,20-21H,6-7,9,11,14H2,1-2H3,(H2,30,31,32,35,40). The van der Waals surface area contributed by atoms with Gasteiger partial charge in [0.1, 0.15) is 24.5 Å². The SMILES string of the molecule is Cc1cccc(C2CC2C(=O)Nc2cc(NCc3cn4cc(C5CC5)cc(N5CC(=O)N(C)C5=O)c4n3)ncn2)n1. The fourth-order valence-corrected chi connectivity index (χ4v) is 5.37. The van der Waals surface area contributed by atoms with Crippen molar-refractivity contribution in [3.63, 3.8) is 0 Å². The molecular weight excluding hydrogens is 522 g/mol. The molecule has 2 unspecified atom stereocenters. The van der Waals surface area contributed by atoms with Crippen LogP contribution in [0.2, 0.25) is 0 Å². The number of anilines is 3. The van der Waals surface area contributed by atoms with Crippen LogP contribution < -0.4 is 15.5 Å². The van der Waals surface area contributed by atoms with Crippen molar-refractivity contribution in [2.75, 3.05) is 29.1 Å². The van der Waals surface area contributed by atoms with Gasteiger partial charge in [-0.3, -0.25) is 24.4 Å². The van der Waals surface area contributed by atoms with Gasteiger partial charge in [-0.2, -0.15) is 0 Å². The highest BCUT2D eigenvalue weighted by Gasteiger charge is 2.45. The molecule has 4 amide bonds. The van der Waals surface area contributed by atoms with E-state index in [0.29, 0.717) is 35.4 Å². The van der Waals surface area contributed by atoms with Gasteiger partial charge in [0.25, 0.3) is 0 Å². The summed E-state index contributed by atoms with van der Waals surface area (Å²) in [5.74, 6) is 1.10. The number of hydrogen-bond acceptors (Lipinski definition) is 8. The van der Waals surface area contributed by atoms with E-state index in [4.69, 9.17) is 4.98 Å². The quantitative estimate of drug-likeness (QED) is 0.318. The molecule has 2 N–H and O–H groups in total. The zero-order chi connectivity index (χ0) is 28.2. The van der Waals surface area contributed by atoms with Gasteiger partial charge in [0.05, 0.1) is 17.9 Å². The van der Waals surface area contributed by atoms with Gasteiger partial charge in [0, 0.05) is 48.7 Å². The van der Waals surface area contributed by atoms with Crippen LogP contribution >= 0.6 is 0 Å². The Labute approximate surface area is 235 Å². The second-order valence-electron chi connectivity index (χ2n) is 11.0. The Morgan fingerprint density at radius 2 is 1.90 bits per heavy atom. The average molecular weight is 552 g/mol. The molecule has 1 saturated heterocycles. The van der Waals surface area contributed by atoms with Crippen molar-refractivity contribution in [2.45, 2.75) is 44.6 Å². The molecule has 0 aromatic carbocycles. The van der Waals surface area contributed by atoms with Gasteiger partial charge in [0.15, 0.2) is 5.65 Å². The molecule has 208 valence electrons. The lowest BCUT2D eigenvalue weighted by Gasteiger charge is -2.17. The van der Waals surface area contributed by atoms with E-state index >= 15 is 0 Å². The zero-order valence-electron chi connectivity index (χ0n) is 22.7. The second kappa shape index (κ2) is 9.65. The van der Waals surface area contributed by atoms with E-state index in [1.54, 1.807) is 6.07 Å². The van der Waals surface area contributed by atoms with Gasteiger partial charge in [-0.1, -0.05) is 6.07 Å². The fourth-order valence-electron chi connectivity index (χ4n) is 5.37. The number of urea groups is 1. The molecule has 5 heterocycles. The zero-order valence-corrected chi connectivity index (χ0v) is 22.7. The van der Waals surface area contributed by atoms with Crippen LogP contribution in [-0.4, -0.2) is 60.7 Å². The van der Waals surface area contributed by atoms with Crippen LogP contribution in [0.5, 0.6) is 0 Å². The van der Waals surface area contributed by atoms with E-state index in [1.165, 1.54) is 18.3 Å². The minimum absolute atomic E-state index is 0.00189. The highest BCUT2D eigenvalue weighted by atomic mass is 16.2. The number of carbonyl (C=O) groups excluding carboxylic acids is 3. The third-order valence-corrected chi connectivity index (χ3v) is 7.91. The third kappa shape index (κ3) is 4.85. The molecule has 0 bridgehead atoms. The third-order valence-electron chi connectivity index (χ3n) is 7.91. The Bertz CT molecular complexity index is 1710. The first-order valence-corrected chi connectivity index (χ1v) is 13.7. The number of fused-ring (bicyclic) bond motifs is 1. The first-order valence-electron chi connectivity index (χ1n) is 13.7. The van der Waals surface area contributed by atoms with Gasteiger partial charge in [-0.15, -0.1) is 0 Å². The van der Waals surface area contributed by atoms with Gasteiger partial charge < -0.3 is 15.0 Å². The van der Waals surface area contributed by atoms with Crippen LogP contribution in [-0.2, 0) is 16.1 Å². The van der Waals surface area contributed by atoms with Gasteiger partial charge in [0.2, 0.25) is 11.8 Å². The molecular formula is C29H29N9O3. The molecule has 3 aliphatic rings. The van der Waals surface area contributed by atoms with Crippen LogP contribution in [0.4, 0.5) is 22.1 Å². The number of aromatic nitrogens is 5. The lowest BCUT2D eigenvalue weighted by Crippen LogP contribution is -2.30. The van der Waals surface area contributed by atoms with Crippen LogP contribution in [0, 0.1) is 12.8 Å². The lowest BCUT2D eigenvalue weighted by atomic mass is 10.1. The number of amides is 4. The second-order valence-corrected chi connectivity index (χ2v) is 11.0. The van der Waals surface area contributed by atoms with Crippen LogP contribution in [0.15, 0.2) is 49.1 Å². The minimum atomic E-state index is -0.351. The maximum Gasteiger partial charge on any atom is 0.331 e. The number of nitrogens with zero attached hydrogens (tertiary/aromatic N) is 7. The van der Waals surface area contributed by atoms with Crippen molar-refractivity contribution in [3.8, 4) is 0 Å². The molecule has 0 radical (unpaired) electrons. The minimum Gasteiger partial charge on any atom is -0.364 e. The van der Waals surface area contributed by atoms with E-state index < -0.39 is 0 Å². The van der Waals surface area contributed by atoms with E-state index in [2.05, 4.69) is 31.8 Å². The summed E-state index contributed by atoms with van der Waals surface area (Å²) in [7, 11) is 1.50. The van der Waals surface area contributed by atoms with Crippen LogP contribution in [0.3, 0.4) is 0 Å². The Morgan fingerprint density at radius 3 is 2.66 bits per heavy atom. The molecule has 2 atom stereocenters. The van der Waals surface area contributed by atoms with Crippen LogP contribution in [0.1, 0.15) is 53.7 Å². The molecule has 2 aliphatic carbocycles. The normalized spacial score (nSPS) is 20.1. The molecule has 7 rings (SSSR count). The van der Waals surface area contributed by atoms with E-state index in [0.717, 1.165) is 46.8 Å². The molecule has 4 aromatic rings. The molecule has 12 nitrogen and oxygen atoms in total. The first-order chi connectivity index (χ1) is 19.8. The number of nitrogens with one attached hydrogen (secondary N) is 2. The fraction of sp³-hybridized carbons (Fsp3) is 0.345. The monoisotopic (exact) mass is 551 g/mol. The van der Waals surface area contributed by atoms with Crippen molar-refractivity contribution in [3.05, 3.63) is 71.7 Å². The topological polar surface area (TPSA) is 138 Å². The number of hydrogen-bond donors (Lipinski definition) is 2. The molecule has 12 heteroatoms. The van der Waals surface area contributed by atoms with Crippen molar-refractivity contribution in [2.24, 2.45) is 5.92 Å². The van der Waals surface area contributed by atoms with Gasteiger partial charge in [-0.05, 0) is 55.9 Å². The Kier molecular flexibility index (Phi) is 5.91. The molecule has 2 saturated carbocycles. The molecule has 41 heavy (non-hydrogen) atoms. The summed E-state index contributed by atoms with van der Waals surface area (Å²) in [6, 6.07) is 9.21. The number of aryl methyl sites for hydroxylation is 1. The van der Waals surface area contributed by atoms with Gasteiger partial charge in [-0.25, -0.2) is 19.7 Å². The Hall–Kier alpha value is -4.87. The summed E-state index contributed by atoms with van der Waals surface area (Å²) in [4.78, 5) is 58.3. The van der Waals surface area contributed by atoms with Crippen molar-refractivity contribution in [1.82, 2.24) is 29.2 Å². The van der Waals surface area contributed by atoms with Crippen molar-refractivity contribution in [1.29, 1.82) is 0 Å². The van der Waals surface area contributed by atoms with Crippen molar-refractivity contribution < 1.29 is 14.4 Å². The number of imidazole rings is 1. The highest BCUT2D eigenvalue weighted by Crippen LogP contribution is 2.47. The number of rotatable bonds is 8. The largest absolute Gasteiger partial charge is 0.364 e. The maximum absolute atomic E-state index is 12.8. The van der Waals surface area contributed by atoms with E-state index in [9.17, 15) is 14.4 Å². The Morgan fingerprint density at radius 1 is 1.07 bits per heavy atom. The average Bonchev–Trinajstić information content (AvgIpc) is 3.89. The molecule has 3 fully saturated rings. The first kappa shape index (κ1) is 25.1. The summed E-state index contributed by atoms with van der Waals surface area (Å²) in [5, 5.41) is 6.16. The summed E-state index contributed by atoms with van der Waals surface area (Å²) in [5.41, 5.74) is 5.00. The van der Waals surface area contributed by atoms with Crippen LogP contribution in [0.25, 0.3) is 5.65 Å². The summed E-state index contributed by atoms with van der Waals surface area (Å²) >= 11 is 0. The molecule has 1 aliphatic heterocycles. The maximum atomic E-state index is 12.8. The lowest BCUT2D eigenvalue weighted by molar-refractivity contribution is -0.124. The molecule has 0 spiro atoms. The van der Waals surface area contributed by atoms with E-state index in [-0.39, 0.29) is 36.2 Å². The smallest absolute Gasteiger partial charge is 0.331 e. The van der Waals surface area contributed by atoms with E-state index in [1.807, 2.05) is 41.8 Å². The summed E-state index contributed by atoms with van der Waals surface area (Å²) < 4.78 is 1.93. The summed E-state index contributed by atoms with van der Waals surface area (Å²) in [6.07, 6.45) is 8.36. The number of imide groups is 1. The predicted octanol–water partition coefficient (Wildman–Crippen LogP) is 3.46.